The van der Waals surface area contributed by atoms with Crippen LogP contribution in [0.5, 0.6) is 0 Å². The zero-order chi connectivity index (χ0) is 11.1. The van der Waals surface area contributed by atoms with E-state index in [1.165, 1.54) is 13.1 Å². The van der Waals surface area contributed by atoms with Crippen LogP contribution in [-0.4, -0.2) is 61.3 Å². The van der Waals surface area contributed by atoms with Gasteiger partial charge in [-0.05, 0) is 27.8 Å². The van der Waals surface area contributed by atoms with Gasteiger partial charge in [0, 0.05) is 37.6 Å². The molecule has 0 N–H and O–H groups in total. The lowest BCUT2D eigenvalue weighted by Gasteiger charge is -2.48. The largest absolute Gasteiger partial charge is 0.375 e. The van der Waals surface area contributed by atoms with Gasteiger partial charge in [-0.1, -0.05) is 0 Å². The molecule has 15 heavy (non-hydrogen) atoms. The molecule has 0 saturated carbocycles. The summed E-state index contributed by atoms with van der Waals surface area (Å²) in [5, 5.41) is 0. The van der Waals surface area contributed by atoms with Gasteiger partial charge in [0.2, 0.25) is 0 Å². The molecule has 2 fully saturated rings. The highest BCUT2D eigenvalue weighted by Gasteiger charge is 2.35. The third-order valence-corrected chi connectivity index (χ3v) is 3.50. The Morgan fingerprint density at radius 2 is 1.73 bits per heavy atom. The molecule has 3 nitrogen and oxygen atoms in total. The minimum Gasteiger partial charge on any atom is -0.375 e. The molecule has 3 heteroatoms. The predicted octanol–water partition coefficient (Wildman–Crippen LogP) is 1.05. The highest BCUT2D eigenvalue weighted by atomic mass is 16.5. The van der Waals surface area contributed by atoms with Gasteiger partial charge in [-0.15, -0.1) is 0 Å². The summed E-state index contributed by atoms with van der Waals surface area (Å²) in [7, 11) is 2.14. The number of likely N-dealkylation sites (tertiary alicyclic amines) is 2. The van der Waals surface area contributed by atoms with Crippen LogP contribution in [0.4, 0.5) is 0 Å². The van der Waals surface area contributed by atoms with Crippen molar-refractivity contribution in [3.63, 3.8) is 0 Å². The SMILES string of the molecule is CN1CC(OCC2CN(C(C)(C)C)C2)C1. The second kappa shape index (κ2) is 4.04. The van der Waals surface area contributed by atoms with Gasteiger partial charge in [-0.25, -0.2) is 0 Å². The fraction of sp³-hybridized carbons (Fsp3) is 1.00. The number of likely N-dealkylation sites (N-methyl/N-ethyl adjacent to an activating group) is 1. The van der Waals surface area contributed by atoms with Crippen LogP contribution >= 0.6 is 0 Å². The normalized spacial score (nSPS) is 26.4. The Morgan fingerprint density at radius 3 is 2.20 bits per heavy atom. The maximum atomic E-state index is 5.84. The second-order valence-electron chi connectivity index (χ2n) is 6.12. The third-order valence-electron chi connectivity index (χ3n) is 3.50. The monoisotopic (exact) mass is 212 g/mol. The predicted molar refractivity (Wildman–Crippen MR) is 62.1 cm³/mol. The second-order valence-corrected chi connectivity index (χ2v) is 6.12. The van der Waals surface area contributed by atoms with Crippen molar-refractivity contribution in [3.8, 4) is 0 Å². The van der Waals surface area contributed by atoms with Gasteiger partial charge in [-0.2, -0.15) is 0 Å². The Hall–Kier alpha value is -0.120. The maximum Gasteiger partial charge on any atom is 0.0828 e. The summed E-state index contributed by atoms with van der Waals surface area (Å²) in [4.78, 5) is 4.82. The smallest absolute Gasteiger partial charge is 0.0828 e. The van der Waals surface area contributed by atoms with Crippen molar-refractivity contribution in [1.82, 2.24) is 9.80 Å². The Morgan fingerprint density at radius 1 is 1.13 bits per heavy atom. The van der Waals surface area contributed by atoms with Gasteiger partial charge in [0.25, 0.3) is 0 Å². The lowest BCUT2D eigenvalue weighted by atomic mass is 9.93. The van der Waals surface area contributed by atoms with Gasteiger partial charge >= 0.3 is 0 Å². The first-order chi connectivity index (χ1) is 6.95. The van der Waals surface area contributed by atoms with E-state index < -0.39 is 0 Å². The van der Waals surface area contributed by atoms with E-state index in [-0.39, 0.29) is 0 Å². The zero-order valence-electron chi connectivity index (χ0n) is 10.5. The molecule has 88 valence electrons. The Bertz CT molecular complexity index is 212. The first-order valence-electron chi connectivity index (χ1n) is 6.00. The minimum absolute atomic E-state index is 0.340. The van der Waals surface area contributed by atoms with Crippen molar-refractivity contribution in [2.75, 3.05) is 39.8 Å². The van der Waals surface area contributed by atoms with Gasteiger partial charge in [0.15, 0.2) is 0 Å². The number of hydrogen-bond donors (Lipinski definition) is 0. The summed E-state index contributed by atoms with van der Waals surface area (Å²) in [5.41, 5.74) is 0.340. The van der Waals surface area contributed by atoms with Crippen molar-refractivity contribution in [3.05, 3.63) is 0 Å². The highest BCUT2D eigenvalue weighted by Crippen LogP contribution is 2.25. The molecule has 0 aliphatic carbocycles. The molecule has 2 saturated heterocycles. The van der Waals surface area contributed by atoms with Crippen molar-refractivity contribution in [2.24, 2.45) is 5.92 Å². The van der Waals surface area contributed by atoms with E-state index in [0.717, 1.165) is 25.6 Å². The number of hydrogen-bond acceptors (Lipinski definition) is 3. The Labute approximate surface area is 93.4 Å². The van der Waals surface area contributed by atoms with Crippen molar-refractivity contribution in [1.29, 1.82) is 0 Å². The third kappa shape index (κ3) is 2.71. The summed E-state index contributed by atoms with van der Waals surface area (Å²) in [6, 6.07) is 0. The molecule has 0 radical (unpaired) electrons. The van der Waals surface area contributed by atoms with Gasteiger partial charge < -0.3 is 9.64 Å². The van der Waals surface area contributed by atoms with Gasteiger partial charge in [0.05, 0.1) is 12.7 Å². The number of ether oxygens (including phenoxy) is 1. The van der Waals surface area contributed by atoms with Crippen LogP contribution in [0.15, 0.2) is 0 Å². The highest BCUT2D eigenvalue weighted by molar-refractivity contribution is 4.89. The first-order valence-corrected chi connectivity index (χ1v) is 6.00. The zero-order valence-corrected chi connectivity index (χ0v) is 10.5. The molecule has 2 heterocycles. The van der Waals surface area contributed by atoms with Crippen LogP contribution in [0.2, 0.25) is 0 Å². The van der Waals surface area contributed by atoms with E-state index in [9.17, 15) is 0 Å². The van der Waals surface area contributed by atoms with E-state index in [1.807, 2.05) is 0 Å². The molecule has 0 aromatic rings. The topological polar surface area (TPSA) is 15.7 Å². The Balaban J connectivity index is 1.56. The Kier molecular flexibility index (Phi) is 3.06. The summed E-state index contributed by atoms with van der Waals surface area (Å²) in [6.45, 7) is 12.5. The molecule has 0 aromatic heterocycles. The van der Waals surface area contributed by atoms with Crippen LogP contribution in [0.3, 0.4) is 0 Å². The van der Waals surface area contributed by atoms with Crippen LogP contribution in [0, 0.1) is 5.92 Å². The standard InChI is InChI=1S/C12H24N2O/c1-12(2,3)14-5-10(6-14)9-15-11-7-13(4)8-11/h10-11H,5-9H2,1-4H3. The average Bonchev–Trinajstić information content (AvgIpc) is 1.94. The lowest BCUT2D eigenvalue weighted by Crippen LogP contribution is -2.58. The molecule has 0 bridgehead atoms. The first kappa shape index (κ1) is 11.4. The molecule has 0 spiro atoms. The molecule has 0 unspecified atom stereocenters. The van der Waals surface area contributed by atoms with Crippen molar-refractivity contribution in [2.45, 2.75) is 32.4 Å². The van der Waals surface area contributed by atoms with E-state index >= 15 is 0 Å². The molecular formula is C12H24N2O. The maximum absolute atomic E-state index is 5.84. The fourth-order valence-corrected chi connectivity index (χ4v) is 2.24. The molecule has 0 atom stereocenters. The molecule has 0 amide bonds. The van der Waals surface area contributed by atoms with Crippen molar-refractivity contribution >= 4 is 0 Å². The lowest BCUT2D eigenvalue weighted by molar-refractivity contribution is -0.0901. The van der Waals surface area contributed by atoms with Crippen molar-refractivity contribution < 1.29 is 4.74 Å². The van der Waals surface area contributed by atoms with Crippen LogP contribution in [-0.2, 0) is 4.74 Å². The fourth-order valence-electron chi connectivity index (χ4n) is 2.24. The van der Waals surface area contributed by atoms with E-state index in [4.69, 9.17) is 4.74 Å². The quantitative estimate of drug-likeness (QED) is 0.695. The molecular weight excluding hydrogens is 188 g/mol. The molecule has 2 aliphatic rings. The van der Waals surface area contributed by atoms with E-state index in [2.05, 4.69) is 37.6 Å². The molecule has 0 aromatic carbocycles. The van der Waals surface area contributed by atoms with Gasteiger partial charge in [-0.3, -0.25) is 4.90 Å². The van der Waals surface area contributed by atoms with Gasteiger partial charge in [0.1, 0.15) is 0 Å². The average molecular weight is 212 g/mol. The number of rotatable bonds is 3. The minimum atomic E-state index is 0.340. The molecule has 2 aliphatic heterocycles. The summed E-state index contributed by atoms with van der Waals surface area (Å²) in [6.07, 6.45) is 0.513. The van der Waals surface area contributed by atoms with Crippen LogP contribution in [0.1, 0.15) is 20.8 Å². The summed E-state index contributed by atoms with van der Waals surface area (Å²) < 4.78 is 5.84. The van der Waals surface area contributed by atoms with E-state index in [1.54, 1.807) is 0 Å². The summed E-state index contributed by atoms with van der Waals surface area (Å²) >= 11 is 0. The van der Waals surface area contributed by atoms with Crippen LogP contribution < -0.4 is 0 Å². The number of nitrogens with zero attached hydrogens (tertiary/aromatic N) is 2. The molecule has 2 rings (SSSR count). The summed E-state index contributed by atoms with van der Waals surface area (Å²) in [5.74, 6) is 0.773. The van der Waals surface area contributed by atoms with E-state index in [0.29, 0.717) is 11.6 Å². The van der Waals surface area contributed by atoms with Crippen LogP contribution in [0.25, 0.3) is 0 Å².